The molecule has 0 fully saturated rings. The van der Waals surface area contributed by atoms with Gasteiger partial charge in [-0.25, -0.2) is 4.79 Å². The zero-order chi connectivity index (χ0) is 18.6. The van der Waals surface area contributed by atoms with Crippen molar-refractivity contribution in [3.63, 3.8) is 0 Å². The van der Waals surface area contributed by atoms with Crippen LogP contribution in [-0.4, -0.2) is 61.2 Å². The van der Waals surface area contributed by atoms with Crippen molar-refractivity contribution in [3.8, 4) is 5.75 Å². The molecule has 0 heterocycles. The Morgan fingerprint density at radius 3 is 1.85 bits per heavy atom. The van der Waals surface area contributed by atoms with E-state index in [4.69, 9.17) is 21.1 Å². The molecule has 0 aliphatic heterocycles. The first kappa shape index (κ1) is 23.0. The van der Waals surface area contributed by atoms with Gasteiger partial charge < -0.3 is 9.47 Å². The molecule has 0 N–H and O–H groups in total. The molecule has 136 valence electrons. The Hall–Kier alpha value is -1.07. The Kier molecular flexibility index (Phi) is 8.61. The molecule has 0 bridgehead atoms. The van der Waals surface area contributed by atoms with E-state index in [9.17, 15) is 9.59 Å². The minimum atomic E-state index is -1.12. The summed E-state index contributed by atoms with van der Waals surface area (Å²) < 4.78 is 10.9. The molecule has 2 aromatic rings. The molecule has 0 saturated carbocycles. The van der Waals surface area contributed by atoms with Crippen molar-refractivity contribution in [2.24, 2.45) is 0 Å². The van der Waals surface area contributed by atoms with Gasteiger partial charge in [0.25, 0.3) is 0 Å². The molecule has 0 radical (unpaired) electrons. The predicted octanol–water partition coefficient (Wildman–Crippen LogP) is 3.76. The third-order valence-electron chi connectivity index (χ3n) is 3.43. The van der Waals surface area contributed by atoms with E-state index in [0.29, 0.717) is 21.9 Å². The Morgan fingerprint density at radius 2 is 1.38 bits per heavy atom. The summed E-state index contributed by atoms with van der Waals surface area (Å²) in [6, 6.07) is 13.4. The van der Waals surface area contributed by atoms with Gasteiger partial charge in [0.2, 0.25) is 0 Å². The van der Waals surface area contributed by atoms with Crippen molar-refractivity contribution in [2.45, 2.75) is 39.4 Å². The number of hydrogen-bond acceptors (Lipinski definition) is 4. The van der Waals surface area contributed by atoms with Crippen molar-refractivity contribution in [1.82, 2.24) is 0 Å². The average molecular weight is 403 g/mol. The van der Waals surface area contributed by atoms with Crippen molar-refractivity contribution in [3.05, 3.63) is 64.7 Å². The number of rotatable bonds is 6. The van der Waals surface area contributed by atoms with Crippen LogP contribution in [0, 0.1) is 0 Å². The van der Waals surface area contributed by atoms with Gasteiger partial charge in [-0.1, -0.05) is 11.6 Å². The minimum absolute atomic E-state index is 0. The molecule has 0 aliphatic rings. The van der Waals surface area contributed by atoms with Crippen LogP contribution in [0.3, 0.4) is 0 Å². The Labute approximate surface area is 188 Å². The molecule has 0 unspecified atom stereocenters. The number of halogens is 1. The second-order valence-electron chi connectivity index (χ2n) is 6.43. The number of carbonyl (C=O) groups excluding carboxylic acids is 2. The molecule has 0 atom stereocenters. The second-order valence-corrected chi connectivity index (χ2v) is 6.86. The summed E-state index contributed by atoms with van der Waals surface area (Å²) in [7, 11) is 0. The maximum absolute atomic E-state index is 12.4. The normalized spacial score (nSPS) is 10.8. The standard InChI is InChI=1S/C20H21ClO4.Ca.2H/c1-13(2)24-19(23)20(3,4)25-17-11-7-15(8-12-17)18(22)14-5-9-16(21)10-6-14;;;/h5-13H,1-4H3;;;. The molecular formula is C20H23CaClO4. The van der Waals surface area contributed by atoms with Crippen molar-refractivity contribution in [1.29, 1.82) is 0 Å². The number of ether oxygens (including phenoxy) is 2. The predicted molar refractivity (Wildman–Crippen MR) is 106 cm³/mol. The van der Waals surface area contributed by atoms with Crippen LogP contribution >= 0.6 is 11.6 Å². The van der Waals surface area contributed by atoms with E-state index < -0.39 is 11.6 Å². The first-order valence-electron chi connectivity index (χ1n) is 7.99. The summed E-state index contributed by atoms with van der Waals surface area (Å²) in [4.78, 5) is 24.5. The van der Waals surface area contributed by atoms with Crippen LogP contribution in [0.25, 0.3) is 0 Å². The molecule has 0 aromatic heterocycles. The van der Waals surface area contributed by atoms with E-state index in [-0.39, 0.29) is 49.6 Å². The number of hydrogen-bond donors (Lipinski definition) is 0. The summed E-state index contributed by atoms with van der Waals surface area (Å²) in [5.41, 5.74) is -0.0393. The van der Waals surface area contributed by atoms with E-state index in [1.807, 2.05) is 0 Å². The van der Waals surface area contributed by atoms with Crippen LogP contribution in [0.2, 0.25) is 5.02 Å². The molecule has 0 spiro atoms. The van der Waals surface area contributed by atoms with Gasteiger partial charge >= 0.3 is 43.7 Å². The van der Waals surface area contributed by atoms with Crippen LogP contribution in [0.4, 0.5) is 0 Å². The molecule has 0 aliphatic carbocycles. The Balaban J connectivity index is 0.00000338. The van der Waals surface area contributed by atoms with Crippen molar-refractivity contribution in [2.75, 3.05) is 0 Å². The van der Waals surface area contributed by atoms with Crippen LogP contribution in [0.15, 0.2) is 48.5 Å². The molecule has 26 heavy (non-hydrogen) atoms. The fourth-order valence-corrected chi connectivity index (χ4v) is 2.26. The summed E-state index contributed by atoms with van der Waals surface area (Å²) in [6.45, 7) is 6.85. The molecule has 2 aromatic carbocycles. The monoisotopic (exact) mass is 402 g/mol. The van der Waals surface area contributed by atoms with E-state index in [0.717, 1.165) is 0 Å². The van der Waals surface area contributed by atoms with E-state index in [2.05, 4.69) is 0 Å². The second kappa shape index (κ2) is 9.75. The summed E-state index contributed by atoms with van der Waals surface area (Å²) in [6.07, 6.45) is -0.213. The topological polar surface area (TPSA) is 52.6 Å². The Bertz CT molecular complexity index is 752. The van der Waals surface area contributed by atoms with Gasteiger partial charge in [-0.05, 0) is 76.2 Å². The van der Waals surface area contributed by atoms with Crippen molar-refractivity contribution >= 4 is 61.1 Å². The number of benzene rings is 2. The van der Waals surface area contributed by atoms with Gasteiger partial charge in [0.15, 0.2) is 11.4 Å². The maximum atomic E-state index is 12.4. The zero-order valence-electron chi connectivity index (χ0n) is 14.7. The number of ketones is 1. The first-order chi connectivity index (χ1) is 11.7. The summed E-state index contributed by atoms with van der Waals surface area (Å²) in [5.74, 6) is -0.0659. The SMILES string of the molecule is CC(C)OC(=O)C(C)(C)Oc1ccc(C(=O)c2ccc(Cl)cc2)cc1.[CaH2]. The van der Waals surface area contributed by atoms with E-state index in [1.54, 1.807) is 76.2 Å². The van der Waals surface area contributed by atoms with Gasteiger partial charge in [0, 0.05) is 16.1 Å². The summed E-state index contributed by atoms with van der Waals surface area (Å²) in [5, 5.41) is 0.579. The van der Waals surface area contributed by atoms with Gasteiger partial charge in [0.1, 0.15) is 5.75 Å². The first-order valence-corrected chi connectivity index (χ1v) is 8.37. The average Bonchev–Trinajstić information content (AvgIpc) is 2.54. The zero-order valence-corrected chi connectivity index (χ0v) is 15.5. The fraction of sp³-hybridized carbons (Fsp3) is 0.300. The summed E-state index contributed by atoms with van der Waals surface area (Å²) >= 11 is 5.84. The number of esters is 1. The van der Waals surface area contributed by atoms with Crippen LogP contribution < -0.4 is 4.74 Å². The van der Waals surface area contributed by atoms with E-state index >= 15 is 0 Å². The van der Waals surface area contributed by atoms with Crippen molar-refractivity contribution < 1.29 is 19.1 Å². The molecule has 6 heteroatoms. The van der Waals surface area contributed by atoms with E-state index in [1.165, 1.54) is 0 Å². The van der Waals surface area contributed by atoms with Crippen LogP contribution in [-0.2, 0) is 9.53 Å². The van der Waals surface area contributed by atoms with Gasteiger partial charge in [0.05, 0.1) is 6.10 Å². The molecular weight excluding hydrogens is 380 g/mol. The molecule has 2 rings (SSSR count). The quantitative estimate of drug-likeness (QED) is 0.419. The van der Waals surface area contributed by atoms with Crippen LogP contribution in [0.5, 0.6) is 5.75 Å². The molecule has 0 saturated heterocycles. The van der Waals surface area contributed by atoms with Gasteiger partial charge in [-0.15, -0.1) is 0 Å². The molecule has 4 nitrogen and oxygen atoms in total. The van der Waals surface area contributed by atoms with Gasteiger partial charge in [-0.2, -0.15) is 0 Å². The third-order valence-corrected chi connectivity index (χ3v) is 3.68. The fourth-order valence-electron chi connectivity index (χ4n) is 2.13. The molecule has 0 amide bonds. The Morgan fingerprint density at radius 1 is 0.923 bits per heavy atom. The van der Waals surface area contributed by atoms with Crippen LogP contribution in [0.1, 0.15) is 43.6 Å². The van der Waals surface area contributed by atoms with Gasteiger partial charge in [-0.3, -0.25) is 4.79 Å². The number of carbonyl (C=O) groups is 2. The third kappa shape index (κ3) is 6.27.